The summed E-state index contributed by atoms with van der Waals surface area (Å²) in [6.07, 6.45) is 2.90. The van der Waals surface area contributed by atoms with Gasteiger partial charge in [0.1, 0.15) is 5.82 Å². The van der Waals surface area contributed by atoms with Gasteiger partial charge >= 0.3 is 0 Å². The number of anilines is 1. The third-order valence-electron chi connectivity index (χ3n) is 6.14. The summed E-state index contributed by atoms with van der Waals surface area (Å²) in [5, 5.41) is 14.2. The maximum Gasteiger partial charge on any atom is 0.267 e. The highest BCUT2D eigenvalue weighted by molar-refractivity contribution is 6.12. The first-order chi connectivity index (χ1) is 18.1. The first kappa shape index (κ1) is 23.9. The molecule has 0 saturated heterocycles. The minimum Gasteiger partial charge on any atom is -0.493 e. The van der Waals surface area contributed by atoms with Gasteiger partial charge in [0.15, 0.2) is 11.5 Å². The van der Waals surface area contributed by atoms with E-state index in [1.54, 1.807) is 25.8 Å². The largest absolute Gasteiger partial charge is 0.493 e. The SMILES string of the molecule is COc1ccc(-c2nc(NCc3ccc(/C=C/C(=O)NO)cc3)cc3c2[nH]c2ccccc23)cc1OC. The smallest absolute Gasteiger partial charge is 0.267 e. The molecule has 3 aromatic carbocycles. The number of benzene rings is 3. The van der Waals surface area contributed by atoms with Crippen LogP contribution in [0.3, 0.4) is 0 Å². The maximum atomic E-state index is 11.2. The van der Waals surface area contributed by atoms with Crippen LogP contribution in [0, 0.1) is 0 Å². The van der Waals surface area contributed by atoms with Crippen LogP contribution in [0.2, 0.25) is 0 Å². The topological polar surface area (TPSA) is 109 Å². The number of hydroxylamine groups is 1. The van der Waals surface area contributed by atoms with Crippen molar-refractivity contribution in [1.29, 1.82) is 0 Å². The number of ether oxygens (including phenoxy) is 2. The summed E-state index contributed by atoms with van der Waals surface area (Å²) >= 11 is 0. The molecule has 5 aromatic rings. The highest BCUT2D eigenvalue weighted by Gasteiger charge is 2.15. The summed E-state index contributed by atoms with van der Waals surface area (Å²) in [5.74, 6) is 1.46. The van der Waals surface area contributed by atoms with Gasteiger partial charge in [-0.05, 0) is 47.5 Å². The van der Waals surface area contributed by atoms with Crippen molar-refractivity contribution in [2.24, 2.45) is 0 Å². The second kappa shape index (κ2) is 10.4. The molecule has 0 unspecified atom stereocenters. The van der Waals surface area contributed by atoms with Gasteiger partial charge in [-0.15, -0.1) is 0 Å². The Bertz CT molecular complexity index is 1610. The average molecular weight is 495 g/mol. The minimum atomic E-state index is -0.574. The number of aromatic nitrogens is 2. The van der Waals surface area contributed by atoms with E-state index in [1.807, 2.05) is 54.6 Å². The number of H-pyrrole nitrogens is 1. The maximum absolute atomic E-state index is 11.2. The van der Waals surface area contributed by atoms with Gasteiger partial charge in [0.25, 0.3) is 5.91 Å². The van der Waals surface area contributed by atoms with E-state index in [9.17, 15) is 4.79 Å². The molecule has 0 spiro atoms. The fourth-order valence-electron chi connectivity index (χ4n) is 4.28. The lowest BCUT2D eigenvalue weighted by atomic mass is 10.1. The van der Waals surface area contributed by atoms with Gasteiger partial charge in [-0.25, -0.2) is 10.5 Å². The molecule has 0 aliphatic heterocycles. The van der Waals surface area contributed by atoms with Crippen molar-refractivity contribution in [2.45, 2.75) is 6.54 Å². The van der Waals surface area contributed by atoms with E-state index in [1.165, 1.54) is 6.08 Å². The quantitative estimate of drug-likeness (QED) is 0.128. The van der Waals surface area contributed by atoms with E-state index in [2.05, 4.69) is 28.5 Å². The average Bonchev–Trinajstić information content (AvgIpc) is 3.33. The summed E-state index contributed by atoms with van der Waals surface area (Å²) in [6, 6.07) is 23.8. The number of fused-ring (bicyclic) bond motifs is 3. The van der Waals surface area contributed by atoms with Crippen LogP contribution in [0.15, 0.2) is 78.9 Å². The van der Waals surface area contributed by atoms with Crippen LogP contribution < -0.4 is 20.3 Å². The lowest BCUT2D eigenvalue weighted by Crippen LogP contribution is -2.14. The number of nitrogens with one attached hydrogen (secondary N) is 3. The monoisotopic (exact) mass is 494 g/mol. The number of hydrogen-bond donors (Lipinski definition) is 4. The van der Waals surface area contributed by atoms with Crippen LogP contribution in [0.4, 0.5) is 5.82 Å². The molecule has 37 heavy (non-hydrogen) atoms. The molecule has 8 nitrogen and oxygen atoms in total. The normalized spacial score (nSPS) is 11.2. The summed E-state index contributed by atoms with van der Waals surface area (Å²) in [7, 11) is 3.24. The van der Waals surface area contributed by atoms with Crippen molar-refractivity contribution in [1.82, 2.24) is 15.4 Å². The van der Waals surface area contributed by atoms with E-state index in [0.29, 0.717) is 18.0 Å². The highest BCUT2D eigenvalue weighted by Crippen LogP contribution is 2.37. The number of methoxy groups -OCH3 is 2. The summed E-state index contributed by atoms with van der Waals surface area (Å²) < 4.78 is 10.9. The van der Waals surface area contributed by atoms with Gasteiger partial charge in [0.05, 0.1) is 25.4 Å². The molecule has 0 aliphatic carbocycles. The summed E-state index contributed by atoms with van der Waals surface area (Å²) in [4.78, 5) is 19.7. The summed E-state index contributed by atoms with van der Waals surface area (Å²) in [6.45, 7) is 0.563. The van der Waals surface area contributed by atoms with Gasteiger partial charge in [0.2, 0.25) is 0 Å². The fourth-order valence-corrected chi connectivity index (χ4v) is 4.28. The molecule has 0 saturated carbocycles. The van der Waals surface area contributed by atoms with Gasteiger partial charge in [-0.2, -0.15) is 0 Å². The van der Waals surface area contributed by atoms with Crippen molar-refractivity contribution in [3.05, 3.63) is 90.0 Å². The Morgan fingerprint density at radius 2 is 1.76 bits per heavy atom. The molecule has 0 fully saturated rings. The number of hydrogen-bond acceptors (Lipinski definition) is 6. The van der Waals surface area contributed by atoms with Crippen molar-refractivity contribution >= 4 is 39.6 Å². The molecule has 0 radical (unpaired) electrons. The standard InChI is InChI=1S/C29H26N4O4/c1-36-24-13-12-20(15-25(24)37-2)28-29-22(21-5-3-4-6-23(21)31-29)16-26(32-28)30-17-19-9-7-18(8-10-19)11-14-27(34)33-35/h3-16,31,35H,17H2,1-2H3,(H,30,32)(H,33,34)/b14-11+. The Hall–Kier alpha value is -4.82. The Balaban J connectivity index is 1.50. The second-order valence-electron chi connectivity index (χ2n) is 8.42. The van der Waals surface area contributed by atoms with Crippen LogP contribution >= 0.6 is 0 Å². The Kier molecular flexibility index (Phi) is 6.74. The lowest BCUT2D eigenvalue weighted by Gasteiger charge is -2.12. The third-order valence-corrected chi connectivity index (χ3v) is 6.14. The van der Waals surface area contributed by atoms with Crippen molar-refractivity contribution in [3.8, 4) is 22.8 Å². The molecule has 0 aliphatic rings. The molecule has 2 heterocycles. The number of carbonyl (C=O) groups is 1. The molecule has 4 N–H and O–H groups in total. The van der Waals surface area contributed by atoms with Gasteiger partial charge in [0, 0.05) is 34.5 Å². The minimum absolute atomic E-state index is 0.563. The zero-order valence-electron chi connectivity index (χ0n) is 20.4. The first-order valence-corrected chi connectivity index (χ1v) is 11.7. The number of nitrogens with zero attached hydrogens (tertiary/aromatic N) is 1. The Morgan fingerprint density at radius 1 is 0.973 bits per heavy atom. The van der Waals surface area contributed by atoms with Gasteiger partial charge in [-0.3, -0.25) is 10.0 Å². The number of aromatic amines is 1. The zero-order valence-corrected chi connectivity index (χ0v) is 20.4. The van der Waals surface area contributed by atoms with Crippen LogP contribution in [-0.2, 0) is 11.3 Å². The molecule has 8 heteroatoms. The lowest BCUT2D eigenvalue weighted by molar-refractivity contribution is -0.124. The number of para-hydroxylation sites is 1. The van der Waals surface area contributed by atoms with Crippen LogP contribution in [0.5, 0.6) is 11.5 Å². The number of carbonyl (C=O) groups excluding carboxylic acids is 1. The van der Waals surface area contributed by atoms with Crippen molar-refractivity contribution < 1.29 is 19.5 Å². The predicted molar refractivity (Wildman–Crippen MR) is 145 cm³/mol. The highest BCUT2D eigenvalue weighted by atomic mass is 16.5. The molecule has 1 amide bonds. The first-order valence-electron chi connectivity index (χ1n) is 11.7. The molecule has 0 bridgehead atoms. The molecular formula is C29H26N4O4. The van der Waals surface area contributed by atoms with E-state index in [-0.39, 0.29) is 0 Å². The van der Waals surface area contributed by atoms with Crippen molar-refractivity contribution in [3.63, 3.8) is 0 Å². The molecular weight excluding hydrogens is 468 g/mol. The second-order valence-corrected chi connectivity index (χ2v) is 8.42. The van der Waals surface area contributed by atoms with Crippen molar-refractivity contribution in [2.75, 3.05) is 19.5 Å². The van der Waals surface area contributed by atoms with Crippen LogP contribution in [0.1, 0.15) is 11.1 Å². The fraction of sp³-hybridized carbons (Fsp3) is 0.103. The van der Waals surface area contributed by atoms with E-state index in [0.717, 1.165) is 50.0 Å². The molecule has 0 atom stereocenters. The zero-order chi connectivity index (χ0) is 25.8. The van der Waals surface area contributed by atoms with E-state index < -0.39 is 5.91 Å². The summed E-state index contributed by atoms with van der Waals surface area (Å²) in [5.41, 5.74) is 7.17. The Morgan fingerprint density at radius 3 is 2.51 bits per heavy atom. The molecule has 5 rings (SSSR count). The van der Waals surface area contributed by atoms with Gasteiger partial charge < -0.3 is 19.8 Å². The predicted octanol–water partition coefficient (Wildman–Crippen LogP) is 5.53. The van der Waals surface area contributed by atoms with Crippen LogP contribution in [-0.4, -0.2) is 35.3 Å². The van der Waals surface area contributed by atoms with E-state index >= 15 is 0 Å². The molecule has 186 valence electrons. The van der Waals surface area contributed by atoms with Gasteiger partial charge in [-0.1, -0.05) is 42.5 Å². The van der Waals surface area contributed by atoms with E-state index in [4.69, 9.17) is 19.7 Å². The number of pyridine rings is 1. The molecule has 2 aromatic heterocycles. The Labute approximate surface area is 213 Å². The third kappa shape index (κ3) is 4.96. The number of amides is 1. The van der Waals surface area contributed by atoms with Crippen LogP contribution in [0.25, 0.3) is 39.1 Å². The number of rotatable bonds is 8.